The van der Waals surface area contributed by atoms with Crippen molar-refractivity contribution in [2.45, 2.75) is 54.4 Å². The second-order valence-corrected chi connectivity index (χ2v) is 6.48. The molecule has 0 radical (unpaired) electrons. The Bertz CT molecular complexity index is 480. The first-order valence-electron chi connectivity index (χ1n) is 7.71. The Morgan fingerprint density at radius 2 is 1.85 bits per heavy atom. The SMILES string of the molecule is C=C/C=C1\C(=C/C)C(C)(C(/C=C\C)=C/CC)CC1(C)C. The molecule has 0 aromatic rings. The largest absolute Gasteiger partial charge is 0.0991 e. The highest BCUT2D eigenvalue weighted by Gasteiger charge is 2.47. The van der Waals surface area contributed by atoms with Gasteiger partial charge in [-0.25, -0.2) is 0 Å². The third-order valence-corrected chi connectivity index (χ3v) is 4.39. The third kappa shape index (κ3) is 2.90. The molecule has 1 fully saturated rings. The van der Waals surface area contributed by atoms with Crippen molar-refractivity contribution in [1.29, 1.82) is 0 Å². The lowest BCUT2D eigenvalue weighted by atomic mass is 9.74. The maximum Gasteiger partial charge on any atom is 0.0179 e. The van der Waals surface area contributed by atoms with Gasteiger partial charge in [-0.3, -0.25) is 0 Å². The van der Waals surface area contributed by atoms with E-state index in [-0.39, 0.29) is 10.8 Å². The van der Waals surface area contributed by atoms with Crippen molar-refractivity contribution in [2.75, 3.05) is 0 Å². The molecule has 0 N–H and O–H groups in total. The second-order valence-electron chi connectivity index (χ2n) is 6.48. The van der Waals surface area contributed by atoms with Gasteiger partial charge < -0.3 is 0 Å². The summed E-state index contributed by atoms with van der Waals surface area (Å²) in [5, 5.41) is 0. The van der Waals surface area contributed by atoms with Crippen LogP contribution in [-0.4, -0.2) is 0 Å². The summed E-state index contributed by atoms with van der Waals surface area (Å²) in [7, 11) is 0. The minimum atomic E-state index is 0.107. The van der Waals surface area contributed by atoms with Crippen molar-refractivity contribution in [3.8, 4) is 0 Å². The normalized spacial score (nSPS) is 30.6. The number of hydrogen-bond acceptors (Lipinski definition) is 0. The smallest absolute Gasteiger partial charge is 0.0179 e. The summed E-state index contributed by atoms with van der Waals surface area (Å²) in [4.78, 5) is 0. The van der Waals surface area contributed by atoms with E-state index < -0.39 is 0 Å². The van der Waals surface area contributed by atoms with Gasteiger partial charge in [0.1, 0.15) is 0 Å². The molecule has 1 rings (SSSR count). The van der Waals surface area contributed by atoms with Crippen molar-refractivity contribution in [2.24, 2.45) is 10.8 Å². The highest BCUT2D eigenvalue weighted by molar-refractivity contribution is 5.53. The van der Waals surface area contributed by atoms with Gasteiger partial charge in [0.15, 0.2) is 0 Å². The minimum Gasteiger partial charge on any atom is -0.0991 e. The van der Waals surface area contributed by atoms with Gasteiger partial charge in [-0.05, 0) is 48.8 Å². The summed E-state index contributed by atoms with van der Waals surface area (Å²) in [5.74, 6) is 0. The highest BCUT2D eigenvalue weighted by atomic mass is 14.5. The molecule has 1 saturated carbocycles. The Hall–Kier alpha value is -1.30. The zero-order valence-corrected chi connectivity index (χ0v) is 14.1. The van der Waals surface area contributed by atoms with Crippen LogP contribution in [0.3, 0.4) is 0 Å². The Balaban J connectivity index is 3.48. The monoisotopic (exact) mass is 270 g/mol. The fourth-order valence-corrected chi connectivity index (χ4v) is 3.78. The van der Waals surface area contributed by atoms with Crippen LogP contribution in [0.25, 0.3) is 0 Å². The van der Waals surface area contributed by atoms with E-state index in [1.165, 1.54) is 16.7 Å². The van der Waals surface area contributed by atoms with Crippen LogP contribution in [0.4, 0.5) is 0 Å². The lowest BCUT2D eigenvalue weighted by Crippen LogP contribution is -2.18. The maximum absolute atomic E-state index is 3.89. The van der Waals surface area contributed by atoms with Crippen LogP contribution in [0.2, 0.25) is 0 Å². The van der Waals surface area contributed by atoms with Gasteiger partial charge in [0.2, 0.25) is 0 Å². The molecule has 1 atom stereocenters. The molecular weight excluding hydrogens is 240 g/mol. The average molecular weight is 270 g/mol. The van der Waals surface area contributed by atoms with Gasteiger partial charge in [-0.15, -0.1) is 0 Å². The van der Waals surface area contributed by atoms with E-state index in [0.29, 0.717) is 0 Å². The summed E-state index contributed by atoms with van der Waals surface area (Å²) in [5.41, 5.74) is 4.63. The Kier molecular flexibility index (Phi) is 5.39. The van der Waals surface area contributed by atoms with Crippen LogP contribution in [0.1, 0.15) is 54.4 Å². The van der Waals surface area contributed by atoms with Crippen LogP contribution in [0.15, 0.2) is 59.8 Å². The molecule has 0 bridgehead atoms. The van der Waals surface area contributed by atoms with Gasteiger partial charge in [-0.1, -0.05) is 70.7 Å². The van der Waals surface area contributed by atoms with E-state index in [2.05, 4.69) is 78.5 Å². The zero-order chi connectivity index (χ0) is 15.4. The minimum absolute atomic E-state index is 0.107. The molecule has 20 heavy (non-hydrogen) atoms. The van der Waals surface area contributed by atoms with Crippen LogP contribution < -0.4 is 0 Å². The quantitative estimate of drug-likeness (QED) is 0.519. The Labute approximate surface area is 125 Å². The molecule has 1 aliphatic carbocycles. The first-order valence-corrected chi connectivity index (χ1v) is 7.71. The lowest BCUT2D eigenvalue weighted by Gasteiger charge is -2.29. The molecule has 0 aliphatic heterocycles. The molecule has 1 aliphatic rings. The molecular formula is C20H30. The molecule has 0 amide bonds. The molecule has 0 heteroatoms. The maximum atomic E-state index is 3.89. The van der Waals surface area contributed by atoms with E-state index in [0.717, 1.165) is 12.8 Å². The molecule has 0 saturated heterocycles. The number of rotatable bonds is 4. The van der Waals surface area contributed by atoms with Gasteiger partial charge >= 0.3 is 0 Å². The molecule has 0 heterocycles. The average Bonchev–Trinajstić information content (AvgIpc) is 2.57. The van der Waals surface area contributed by atoms with Crippen molar-refractivity contribution in [3.05, 3.63) is 59.8 Å². The lowest BCUT2D eigenvalue weighted by molar-refractivity contribution is 0.359. The van der Waals surface area contributed by atoms with Crippen LogP contribution in [-0.2, 0) is 0 Å². The summed E-state index contributed by atoms with van der Waals surface area (Å²) in [6, 6.07) is 0. The second kappa shape index (κ2) is 6.43. The van der Waals surface area contributed by atoms with Crippen LogP contribution in [0.5, 0.6) is 0 Å². The summed E-state index contributed by atoms with van der Waals surface area (Å²) in [6.07, 6.45) is 15.4. The topological polar surface area (TPSA) is 0 Å². The van der Waals surface area contributed by atoms with Gasteiger partial charge in [-0.2, -0.15) is 0 Å². The first-order chi connectivity index (χ1) is 9.37. The fraction of sp³-hybridized carbons (Fsp3) is 0.500. The van der Waals surface area contributed by atoms with Gasteiger partial charge in [0, 0.05) is 5.41 Å². The zero-order valence-electron chi connectivity index (χ0n) is 14.1. The molecule has 1 unspecified atom stereocenters. The predicted octanol–water partition coefficient (Wildman–Crippen LogP) is 6.39. The van der Waals surface area contributed by atoms with Crippen molar-refractivity contribution < 1.29 is 0 Å². The van der Waals surface area contributed by atoms with Crippen LogP contribution in [0, 0.1) is 10.8 Å². The first kappa shape index (κ1) is 16.8. The van der Waals surface area contributed by atoms with E-state index in [9.17, 15) is 0 Å². The molecule has 0 aromatic carbocycles. The Morgan fingerprint density at radius 1 is 1.20 bits per heavy atom. The van der Waals surface area contributed by atoms with Crippen molar-refractivity contribution in [1.82, 2.24) is 0 Å². The molecule has 0 aromatic heterocycles. The van der Waals surface area contributed by atoms with E-state index in [1.54, 1.807) is 0 Å². The van der Waals surface area contributed by atoms with Crippen molar-refractivity contribution in [3.63, 3.8) is 0 Å². The summed E-state index contributed by atoms with van der Waals surface area (Å²) in [6.45, 7) is 17.4. The van der Waals surface area contributed by atoms with Crippen molar-refractivity contribution >= 4 is 0 Å². The van der Waals surface area contributed by atoms with Gasteiger partial charge in [0.05, 0.1) is 0 Å². The van der Waals surface area contributed by atoms with Gasteiger partial charge in [0.25, 0.3) is 0 Å². The summed E-state index contributed by atoms with van der Waals surface area (Å²) >= 11 is 0. The standard InChI is InChI=1S/C20H30/c1-8-12-16(13-9-2)20(7)15-19(5,6)18(14-10-3)17(20)11-4/h8,10-14H,3,9,15H2,1-2,4-7H3/b12-8-,16-13+,17-11+,18-14+. The number of allylic oxidation sites excluding steroid dienone is 9. The predicted molar refractivity (Wildman–Crippen MR) is 91.7 cm³/mol. The highest BCUT2D eigenvalue weighted by Crippen LogP contribution is 2.59. The molecule has 110 valence electrons. The van der Waals surface area contributed by atoms with E-state index in [4.69, 9.17) is 0 Å². The van der Waals surface area contributed by atoms with E-state index in [1.807, 2.05) is 6.08 Å². The fourth-order valence-electron chi connectivity index (χ4n) is 3.78. The van der Waals surface area contributed by atoms with Crippen LogP contribution >= 0.6 is 0 Å². The van der Waals surface area contributed by atoms with E-state index >= 15 is 0 Å². The third-order valence-electron chi connectivity index (χ3n) is 4.39. The molecule has 0 spiro atoms. The molecule has 0 nitrogen and oxygen atoms in total. The number of hydrogen-bond donors (Lipinski definition) is 0. The summed E-state index contributed by atoms with van der Waals surface area (Å²) < 4.78 is 0. The Morgan fingerprint density at radius 3 is 2.30 bits per heavy atom.